The molecule has 0 saturated carbocycles. The van der Waals surface area contributed by atoms with Gasteiger partial charge in [0.1, 0.15) is 5.69 Å². The zero-order chi connectivity index (χ0) is 23.0. The molecule has 0 fully saturated rings. The lowest BCUT2D eigenvalue weighted by Crippen LogP contribution is -2.26. The minimum absolute atomic E-state index is 0.103. The molecule has 1 aromatic heterocycles. The fourth-order valence-corrected chi connectivity index (χ4v) is 3.12. The van der Waals surface area contributed by atoms with Crippen LogP contribution in [0.15, 0.2) is 102 Å². The Morgan fingerprint density at radius 3 is 2.03 bits per heavy atom. The van der Waals surface area contributed by atoms with Crippen molar-refractivity contribution < 1.29 is 9.59 Å². The number of carbonyl (C=O) groups is 2. The number of nitrogens with one attached hydrogen (secondary N) is 3. The van der Waals surface area contributed by atoms with Crippen LogP contribution in [0.4, 0.5) is 21.9 Å². The first-order valence-corrected chi connectivity index (χ1v) is 10.2. The molecule has 3 amide bonds. The molecule has 0 aliphatic carbocycles. The zero-order valence-electron chi connectivity index (χ0n) is 17.6. The minimum atomic E-state index is -0.470. The summed E-state index contributed by atoms with van der Waals surface area (Å²) in [5.41, 5.74) is 2.34. The van der Waals surface area contributed by atoms with Crippen molar-refractivity contribution in [2.24, 2.45) is 0 Å². The Hall–Kier alpha value is -4.72. The van der Waals surface area contributed by atoms with E-state index in [1.165, 1.54) is 16.8 Å². The Morgan fingerprint density at radius 1 is 0.697 bits per heavy atom. The fourth-order valence-electron chi connectivity index (χ4n) is 3.12. The molecule has 0 saturated heterocycles. The molecule has 4 aromatic rings. The van der Waals surface area contributed by atoms with Crippen molar-refractivity contribution in [3.05, 3.63) is 119 Å². The average Bonchev–Trinajstić information content (AvgIpc) is 2.82. The van der Waals surface area contributed by atoms with Gasteiger partial charge in [0, 0.05) is 23.1 Å². The van der Waals surface area contributed by atoms with E-state index in [2.05, 4.69) is 21.0 Å². The summed E-state index contributed by atoms with van der Waals surface area (Å²) in [6.45, 7) is 0.261. The molecule has 4 rings (SSSR count). The molecular weight excluding hydrogens is 418 g/mol. The van der Waals surface area contributed by atoms with Crippen LogP contribution in [0.1, 0.15) is 16.1 Å². The largest absolute Gasteiger partial charge is 0.323 e. The number of carbonyl (C=O) groups excluding carboxylic acids is 2. The van der Waals surface area contributed by atoms with Crippen LogP contribution in [-0.4, -0.2) is 21.7 Å². The van der Waals surface area contributed by atoms with Gasteiger partial charge < -0.3 is 16.0 Å². The van der Waals surface area contributed by atoms with E-state index in [1.807, 2.05) is 48.5 Å². The third-order valence-electron chi connectivity index (χ3n) is 4.68. The van der Waals surface area contributed by atoms with Gasteiger partial charge in [-0.2, -0.15) is 5.10 Å². The number of aromatic nitrogens is 2. The van der Waals surface area contributed by atoms with Crippen LogP contribution in [0.25, 0.3) is 0 Å². The molecule has 0 unspecified atom stereocenters. The first-order chi connectivity index (χ1) is 16.1. The molecule has 0 radical (unpaired) electrons. The molecule has 0 spiro atoms. The van der Waals surface area contributed by atoms with Gasteiger partial charge in [-0.25, -0.2) is 9.48 Å². The summed E-state index contributed by atoms with van der Waals surface area (Å²) >= 11 is 0. The van der Waals surface area contributed by atoms with Crippen molar-refractivity contribution in [1.29, 1.82) is 0 Å². The van der Waals surface area contributed by atoms with Crippen LogP contribution in [0.3, 0.4) is 0 Å². The molecular formula is C25H21N5O3. The van der Waals surface area contributed by atoms with Crippen molar-refractivity contribution >= 4 is 29.0 Å². The normalized spacial score (nSPS) is 10.3. The van der Waals surface area contributed by atoms with Crippen LogP contribution in [0.2, 0.25) is 0 Å². The second-order valence-corrected chi connectivity index (χ2v) is 7.18. The molecule has 0 aliphatic heterocycles. The van der Waals surface area contributed by atoms with Gasteiger partial charge in [0.2, 0.25) is 0 Å². The molecule has 1 heterocycles. The summed E-state index contributed by atoms with van der Waals surface area (Å²) in [6.07, 6.45) is 0. The SMILES string of the molecule is O=C(Nc1ccccc1)Nc1cccc(NC(=O)c2ccc(=O)n(Cc3ccccc3)n2)c1. The Labute approximate surface area is 189 Å². The molecule has 0 atom stereocenters. The second kappa shape index (κ2) is 10.1. The van der Waals surface area contributed by atoms with Crippen LogP contribution < -0.4 is 21.5 Å². The molecule has 8 heteroatoms. The highest BCUT2D eigenvalue weighted by Crippen LogP contribution is 2.16. The predicted octanol–water partition coefficient (Wildman–Crippen LogP) is 4.19. The van der Waals surface area contributed by atoms with Crippen molar-refractivity contribution in [2.45, 2.75) is 6.54 Å². The number of hydrogen-bond acceptors (Lipinski definition) is 4. The Bertz CT molecular complexity index is 1320. The Balaban J connectivity index is 1.43. The van der Waals surface area contributed by atoms with Crippen molar-refractivity contribution in [1.82, 2.24) is 9.78 Å². The molecule has 3 N–H and O–H groups in total. The van der Waals surface area contributed by atoms with Gasteiger partial charge >= 0.3 is 6.03 Å². The number of anilines is 3. The van der Waals surface area contributed by atoms with Crippen LogP contribution in [-0.2, 0) is 6.54 Å². The van der Waals surface area contributed by atoms with Crippen LogP contribution in [0, 0.1) is 0 Å². The number of para-hydroxylation sites is 1. The molecule has 0 aliphatic rings. The Kier molecular flexibility index (Phi) is 6.56. The summed E-state index contributed by atoms with van der Waals surface area (Å²) in [6, 6.07) is 27.5. The number of benzene rings is 3. The van der Waals surface area contributed by atoms with Gasteiger partial charge in [0.05, 0.1) is 6.54 Å². The maximum absolute atomic E-state index is 12.7. The third kappa shape index (κ3) is 5.92. The maximum atomic E-state index is 12.7. The molecule has 33 heavy (non-hydrogen) atoms. The first-order valence-electron chi connectivity index (χ1n) is 10.2. The number of nitrogens with zero attached hydrogens (tertiary/aromatic N) is 2. The van der Waals surface area contributed by atoms with E-state index in [9.17, 15) is 14.4 Å². The topological polar surface area (TPSA) is 105 Å². The number of amides is 3. The molecule has 8 nitrogen and oxygen atoms in total. The van der Waals surface area contributed by atoms with Crippen molar-refractivity contribution in [3.63, 3.8) is 0 Å². The van der Waals surface area contributed by atoms with E-state index in [-0.39, 0.29) is 17.8 Å². The lowest BCUT2D eigenvalue weighted by Gasteiger charge is -2.10. The summed E-state index contributed by atoms with van der Waals surface area (Å²) in [4.78, 5) is 37.1. The highest BCUT2D eigenvalue weighted by molar-refractivity contribution is 6.04. The second-order valence-electron chi connectivity index (χ2n) is 7.18. The van der Waals surface area contributed by atoms with E-state index in [4.69, 9.17) is 0 Å². The maximum Gasteiger partial charge on any atom is 0.323 e. The van der Waals surface area contributed by atoms with Gasteiger partial charge in [-0.15, -0.1) is 0 Å². The van der Waals surface area contributed by atoms with E-state index in [0.717, 1.165) is 5.56 Å². The smallest absolute Gasteiger partial charge is 0.321 e. The monoisotopic (exact) mass is 439 g/mol. The summed E-state index contributed by atoms with van der Waals surface area (Å²) < 4.78 is 1.25. The van der Waals surface area contributed by atoms with Crippen LogP contribution >= 0.6 is 0 Å². The zero-order valence-corrected chi connectivity index (χ0v) is 17.6. The Morgan fingerprint density at radius 2 is 1.30 bits per heavy atom. The van der Waals surface area contributed by atoms with E-state index in [1.54, 1.807) is 36.4 Å². The van der Waals surface area contributed by atoms with Crippen molar-refractivity contribution in [3.8, 4) is 0 Å². The average molecular weight is 439 g/mol. The fraction of sp³-hybridized carbons (Fsp3) is 0.0400. The molecule has 3 aromatic carbocycles. The number of urea groups is 1. The number of rotatable bonds is 6. The van der Waals surface area contributed by atoms with Crippen molar-refractivity contribution in [2.75, 3.05) is 16.0 Å². The number of hydrogen-bond donors (Lipinski definition) is 3. The lowest BCUT2D eigenvalue weighted by atomic mass is 10.2. The molecule has 0 bridgehead atoms. The first kappa shape index (κ1) is 21.5. The van der Waals surface area contributed by atoms with Gasteiger partial charge in [-0.3, -0.25) is 9.59 Å². The summed E-state index contributed by atoms with van der Waals surface area (Å²) in [5.74, 6) is -0.470. The van der Waals surface area contributed by atoms with E-state index in [0.29, 0.717) is 17.1 Å². The predicted molar refractivity (Wildman–Crippen MR) is 128 cm³/mol. The summed E-state index contributed by atoms with van der Waals surface area (Å²) in [5, 5.41) is 12.4. The standard InChI is InChI=1S/C25H21N5O3/c31-23-15-14-22(29-30(23)17-18-8-3-1-4-9-18)24(32)26-20-12-7-13-21(16-20)28-25(33)27-19-10-5-2-6-11-19/h1-16H,17H2,(H,26,32)(H2,27,28,33). The highest BCUT2D eigenvalue weighted by atomic mass is 16.2. The highest BCUT2D eigenvalue weighted by Gasteiger charge is 2.11. The van der Waals surface area contributed by atoms with Gasteiger partial charge in [-0.05, 0) is 42.0 Å². The van der Waals surface area contributed by atoms with E-state index < -0.39 is 11.9 Å². The third-order valence-corrected chi connectivity index (χ3v) is 4.68. The van der Waals surface area contributed by atoms with Gasteiger partial charge in [0.25, 0.3) is 11.5 Å². The van der Waals surface area contributed by atoms with Gasteiger partial charge in [-0.1, -0.05) is 54.6 Å². The van der Waals surface area contributed by atoms with E-state index >= 15 is 0 Å². The molecule has 164 valence electrons. The summed E-state index contributed by atoms with van der Waals surface area (Å²) in [7, 11) is 0. The quantitative estimate of drug-likeness (QED) is 0.419. The van der Waals surface area contributed by atoms with Gasteiger partial charge in [0.15, 0.2) is 0 Å². The lowest BCUT2D eigenvalue weighted by molar-refractivity contribution is 0.102. The van der Waals surface area contributed by atoms with Crippen LogP contribution in [0.5, 0.6) is 0 Å². The minimum Gasteiger partial charge on any atom is -0.321 e.